The zero-order valence-electron chi connectivity index (χ0n) is 8.40. The summed E-state index contributed by atoms with van der Waals surface area (Å²) in [6.07, 6.45) is -0.493. The molecule has 0 bridgehead atoms. The molecular weight excluding hydrogens is 180 g/mol. The number of ether oxygens (including phenoxy) is 2. The van der Waals surface area contributed by atoms with Crippen LogP contribution in [0.5, 0.6) is 0 Å². The van der Waals surface area contributed by atoms with Crippen molar-refractivity contribution in [2.24, 2.45) is 0 Å². The van der Waals surface area contributed by atoms with Crippen LogP contribution in [0.1, 0.15) is 19.4 Å². The van der Waals surface area contributed by atoms with Crippen LogP contribution in [-0.2, 0) is 20.9 Å². The topological polar surface area (TPSA) is 35.5 Å². The molecule has 0 aliphatic rings. The van der Waals surface area contributed by atoms with Crippen LogP contribution in [0, 0.1) is 0 Å². The van der Waals surface area contributed by atoms with Gasteiger partial charge in [-0.2, -0.15) is 0 Å². The highest BCUT2D eigenvalue weighted by molar-refractivity contribution is 5.65. The standard InChI is InChI=1S/C11H14O3/c1-9(12)14-10(2)13-8-11-6-4-3-5-7-11/h3-7,10H,8H2,1-2H3/t10-/m1/s1. The van der Waals surface area contributed by atoms with Crippen LogP contribution < -0.4 is 0 Å². The van der Waals surface area contributed by atoms with E-state index in [4.69, 9.17) is 9.47 Å². The van der Waals surface area contributed by atoms with Gasteiger partial charge in [-0.05, 0) is 12.5 Å². The molecule has 0 spiro atoms. The molecule has 3 heteroatoms. The van der Waals surface area contributed by atoms with Gasteiger partial charge < -0.3 is 9.47 Å². The van der Waals surface area contributed by atoms with Gasteiger partial charge in [0.2, 0.25) is 0 Å². The van der Waals surface area contributed by atoms with Crippen molar-refractivity contribution in [3.05, 3.63) is 35.9 Å². The van der Waals surface area contributed by atoms with Crippen molar-refractivity contribution in [2.75, 3.05) is 0 Å². The van der Waals surface area contributed by atoms with Gasteiger partial charge in [-0.3, -0.25) is 4.79 Å². The van der Waals surface area contributed by atoms with E-state index in [0.29, 0.717) is 6.61 Å². The van der Waals surface area contributed by atoms with E-state index in [-0.39, 0.29) is 5.97 Å². The number of hydrogen-bond donors (Lipinski definition) is 0. The minimum Gasteiger partial charge on any atom is -0.436 e. The van der Waals surface area contributed by atoms with Crippen molar-refractivity contribution in [1.82, 2.24) is 0 Å². The molecule has 1 rings (SSSR count). The molecule has 0 aromatic heterocycles. The van der Waals surface area contributed by atoms with Gasteiger partial charge >= 0.3 is 5.97 Å². The minimum absolute atomic E-state index is 0.328. The highest BCUT2D eigenvalue weighted by Crippen LogP contribution is 2.03. The van der Waals surface area contributed by atoms with Gasteiger partial charge in [0.25, 0.3) is 0 Å². The van der Waals surface area contributed by atoms with Crippen LogP contribution in [-0.4, -0.2) is 12.3 Å². The third-order valence-electron chi connectivity index (χ3n) is 1.66. The Morgan fingerprint density at radius 3 is 2.57 bits per heavy atom. The molecule has 0 N–H and O–H groups in total. The van der Waals surface area contributed by atoms with Gasteiger partial charge in [-0.1, -0.05) is 30.3 Å². The Hall–Kier alpha value is -1.35. The Morgan fingerprint density at radius 2 is 2.00 bits per heavy atom. The number of carbonyl (C=O) groups excluding carboxylic acids is 1. The maximum Gasteiger partial charge on any atom is 0.304 e. The Balaban J connectivity index is 2.30. The van der Waals surface area contributed by atoms with E-state index in [1.807, 2.05) is 30.3 Å². The van der Waals surface area contributed by atoms with Crippen molar-refractivity contribution in [1.29, 1.82) is 0 Å². The van der Waals surface area contributed by atoms with Crippen LogP contribution in [0.2, 0.25) is 0 Å². The molecule has 14 heavy (non-hydrogen) atoms. The second-order valence-electron chi connectivity index (χ2n) is 2.97. The lowest BCUT2D eigenvalue weighted by atomic mass is 10.2. The third-order valence-corrected chi connectivity index (χ3v) is 1.66. The van der Waals surface area contributed by atoms with E-state index < -0.39 is 6.29 Å². The Kier molecular flexibility index (Phi) is 4.13. The van der Waals surface area contributed by atoms with Gasteiger partial charge in [0.15, 0.2) is 6.29 Å². The van der Waals surface area contributed by atoms with Gasteiger partial charge in [0.1, 0.15) is 0 Å². The molecule has 1 aromatic carbocycles. The molecule has 0 amide bonds. The number of hydrogen-bond acceptors (Lipinski definition) is 3. The Bertz CT molecular complexity index is 282. The summed E-state index contributed by atoms with van der Waals surface area (Å²) < 4.78 is 10.1. The molecule has 0 saturated carbocycles. The first kappa shape index (κ1) is 10.7. The average molecular weight is 194 g/mol. The van der Waals surface area contributed by atoms with Crippen molar-refractivity contribution in [3.63, 3.8) is 0 Å². The van der Waals surface area contributed by atoms with Gasteiger partial charge in [-0.25, -0.2) is 0 Å². The molecule has 0 aliphatic carbocycles. The van der Waals surface area contributed by atoms with Crippen LogP contribution in [0.25, 0.3) is 0 Å². The molecule has 1 atom stereocenters. The molecule has 0 heterocycles. The first-order chi connectivity index (χ1) is 6.68. The van der Waals surface area contributed by atoms with Gasteiger partial charge in [0.05, 0.1) is 6.61 Å². The highest BCUT2D eigenvalue weighted by atomic mass is 16.7. The van der Waals surface area contributed by atoms with Crippen molar-refractivity contribution >= 4 is 5.97 Å². The highest BCUT2D eigenvalue weighted by Gasteiger charge is 2.04. The molecule has 0 saturated heterocycles. The van der Waals surface area contributed by atoms with E-state index in [9.17, 15) is 4.79 Å². The van der Waals surface area contributed by atoms with Gasteiger partial charge in [0, 0.05) is 6.92 Å². The predicted molar refractivity (Wildman–Crippen MR) is 52.5 cm³/mol. The summed E-state index contributed by atoms with van der Waals surface area (Å²) in [5, 5.41) is 0. The summed E-state index contributed by atoms with van der Waals surface area (Å²) in [5.41, 5.74) is 1.06. The summed E-state index contributed by atoms with van der Waals surface area (Å²) >= 11 is 0. The molecule has 0 fully saturated rings. The molecule has 1 aromatic rings. The predicted octanol–water partition coefficient (Wildman–Crippen LogP) is 2.11. The summed E-state index contributed by atoms with van der Waals surface area (Å²) in [5.74, 6) is -0.328. The fourth-order valence-electron chi connectivity index (χ4n) is 1.06. The largest absolute Gasteiger partial charge is 0.436 e. The molecule has 0 radical (unpaired) electrons. The lowest BCUT2D eigenvalue weighted by molar-refractivity contribution is -0.174. The lowest BCUT2D eigenvalue weighted by Gasteiger charge is -2.12. The first-order valence-corrected chi connectivity index (χ1v) is 4.51. The number of carbonyl (C=O) groups is 1. The smallest absolute Gasteiger partial charge is 0.304 e. The Labute approximate surface area is 83.6 Å². The second-order valence-corrected chi connectivity index (χ2v) is 2.97. The van der Waals surface area contributed by atoms with Crippen molar-refractivity contribution < 1.29 is 14.3 Å². The fraction of sp³-hybridized carbons (Fsp3) is 0.364. The molecular formula is C11H14O3. The number of rotatable bonds is 4. The van der Waals surface area contributed by atoms with E-state index in [1.165, 1.54) is 6.92 Å². The lowest BCUT2D eigenvalue weighted by Crippen LogP contribution is -2.15. The first-order valence-electron chi connectivity index (χ1n) is 4.51. The van der Waals surface area contributed by atoms with Crippen LogP contribution in [0.15, 0.2) is 30.3 Å². The Morgan fingerprint density at radius 1 is 1.36 bits per heavy atom. The quantitative estimate of drug-likeness (QED) is 0.544. The summed E-state index contributed by atoms with van der Waals surface area (Å²) in [6, 6.07) is 9.74. The van der Waals surface area contributed by atoms with Crippen molar-refractivity contribution in [2.45, 2.75) is 26.7 Å². The normalized spacial score (nSPS) is 12.1. The molecule has 76 valence electrons. The SMILES string of the molecule is CC(=O)O[C@H](C)OCc1ccccc1. The monoisotopic (exact) mass is 194 g/mol. The van der Waals surface area contributed by atoms with Gasteiger partial charge in [-0.15, -0.1) is 0 Å². The number of esters is 1. The maximum atomic E-state index is 10.6. The van der Waals surface area contributed by atoms with E-state index in [0.717, 1.165) is 5.56 Å². The second kappa shape index (κ2) is 5.40. The molecule has 0 unspecified atom stereocenters. The zero-order valence-corrected chi connectivity index (χ0v) is 8.40. The van der Waals surface area contributed by atoms with Crippen LogP contribution in [0.4, 0.5) is 0 Å². The van der Waals surface area contributed by atoms with Crippen LogP contribution in [0.3, 0.4) is 0 Å². The summed E-state index contributed by atoms with van der Waals surface area (Å²) in [6.45, 7) is 3.52. The van der Waals surface area contributed by atoms with Crippen molar-refractivity contribution in [3.8, 4) is 0 Å². The maximum absolute atomic E-state index is 10.6. The fourth-order valence-corrected chi connectivity index (χ4v) is 1.06. The third kappa shape index (κ3) is 4.05. The van der Waals surface area contributed by atoms with E-state index >= 15 is 0 Å². The van der Waals surface area contributed by atoms with E-state index in [1.54, 1.807) is 6.92 Å². The molecule has 3 nitrogen and oxygen atoms in total. The number of benzene rings is 1. The van der Waals surface area contributed by atoms with E-state index in [2.05, 4.69) is 0 Å². The summed E-state index contributed by atoms with van der Waals surface area (Å²) in [4.78, 5) is 10.6. The summed E-state index contributed by atoms with van der Waals surface area (Å²) in [7, 11) is 0. The average Bonchev–Trinajstić information content (AvgIpc) is 2.15. The minimum atomic E-state index is -0.493. The zero-order chi connectivity index (χ0) is 10.4. The van der Waals surface area contributed by atoms with Crippen LogP contribution >= 0.6 is 0 Å². The molecule has 0 aliphatic heterocycles.